The Morgan fingerprint density at radius 2 is 1.64 bits per heavy atom. The average Bonchev–Trinajstić information content (AvgIpc) is 2.36. The number of nitrogens with zero attached hydrogens (tertiary/aromatic N) is 1. The Hall–Kier alpha value is -1.14. The van der Waals surface area contributed by atoms with Gasteiger partial charge in [-0.1, -0.05) is 20.8 Å². The number of piperazine rings is 1. The Morgan fingerprint density at radius 3 is 2.18 bits per heavy atom. The van der Waals surface area contributed by atoms with Crippen molar-refractivity contribution in [3.8, 4) is 0 Å². The van der Waals surface area contributed by atoms with Crippen LogP contribution in [0.2, 0.25) is 0 Å². The molecule has 1 rings (SSSR count). The molecule has 6 nitrogen and oxygen atoms in total. The van der Waals surface area contributed by atoms with E-state index in [9.17, 15) is 9.59 Å². The van der Waals surface area contributed by atoms with Crippen molar-refractivity contribution in [1.29, 1.82) is 0 Å². The first kappa shape index (κ1) is 18.9. The first-order valence-electron chi connectivity index (χ1n) is 8.12. The van der Waals surface area contributed by atoms with Gasteiger partial charge in [-0.25, -0.2) is 0 Å². The average molecular weight is 312 g/mol. The molecule has 2 amide bonds. The van der Waals surface area contributed by atoms with E-state index in [-0.39, 0.29) is 5.41 Å². The van der Waals surface area contributed by atoms with Crippen LogP contribution in [0.25, 0.3) is 0 Å². The molecule has 0 radical (unpaired) electrons. The quantitative estimate of drug-likeness (QED) is 0.640. The first-order chi connectivity index (χ1) is 10.1. The predicted molar refractivity (Wildman–Crippen MR) is 88.6 cm³/mol. The number of nitrogens with one attached hydrogen (secondary N) is 3. The van der Waals surface area contributed by atoms with Crippen molar-refractivity contribution in [2.45, 2.75) is 46.6 Å². The Morgan fingerprint density at radius 1 is 1.05 bits per heavy atom. The third-order valence-corrected chi connectivity index (χ3v) is 3.55. The molecule has 1 aliphatic heterocycles. The molecule has 1 saturated heterocycles. The zero-order chi connectivity index (χ0) is 16.8. The Kier molecular flexibility index (Phi) is 6.81. The molecule has 128 valence electrons. The van der Waals surface area contributed by atoms with Gasteiger partial charge < -0.3 is 16.0 Å². The molecule has 0 aromatic heterocycles. The topological polar surface area (TPSA) is 73.5 Å². The normalized spacial score (nSPS) is 17.1. The fourth-order valence-corrected chi connectivity index (χ4v) is 3.08. The standard InChI is InChI=1S/C16H32N4O2/c1-15(2,3)12-16(4,5)19-14(22)13(21)18-8-11-20-9-6-17-7-10-20/h17H,6-12H2,1-5H3,(H,18,21)(H,19,22). The highest BCUT2D eigenvalue weighted by Crippen LogP contribution is 2.26. The van der Waals surface area contributed by atoms with Crippen LogP contribution in [0.5, 0.6) is 0 Å². The summed E-state index contributed by atoms with van der Waals surface area (Å²) in [5.41, 5.74) is -0.305. The van der Waals surface area contributed by atoms with Crippen molar-refractivity contribution in [3.63, 3.8) is 0 Å². The molecular weight excluding hydrogens is 280 g/mol. The van der Waals surface area contributed by atoms with Crippen LogP contribution >= 0.6 is 0 Å². The summed E-state index contributed by atoms with van der Waals surface area (Å²) < 4.78 is 0. The van der Waals surface area contributed by atoms with Crippen molar-refractivity contribution in [3.05, 3.63) is 0 Å². The molecule has 0 aromatic rings. The van der Waals surface area contributed by atoms with Crippen LogP contribution in [0, 0.1) is 5.41 Å². The van der Waals surface area contributed by atoms with Crippen LogP contribution in [0.1, 0.15) is 41.0 Å². The van der Waals surface area contributed by atoms with Crippen LogP contribution < -0.4 is 16.0 Å². The van der Waals surface area contributed by atoms with E-state index in [0.717, 1.165) is 39.1 Å². The second-order valence-corrected chi connectivity index (χ2v) is 7.92. The van der Waals surface area contributed by atoms with Gasteiger partial charge in [0.05, 0.1) is 0 Å². The van der Waals surface area contributed by atoms with Gasteiger partial charge in [0.1, 0.15) is 0 Å². The van der Waals surface area contributed by atoms with Crippen LogP contribution in [0.3, 0.4) is 0 Å². The molecule has 0 atom stereocenters. The molecule has 0 unspecified atom stereocenters. The van der Waals surface area contributed by atoms with Crippen molar-refractivity contribution in [1.82, 2.24) is 20.9 Å². The van der Waals surface area contributed by atoms with Crippen LogP contribution in [0.15, 0.2) is 0 Å². The highest BCUT2D eigenvalue weighted by molar-refractivity contribution is 6.35. The lowest BCUT2D eigenvalue weighted by molar-refractivity contribution is -0.140. The summed E-state index contributed by atoms with van der Waals surface area (Å²) in [4.78, 5) is 26.1. The van der Waals surface area contributed by atoms with E-state index in [1.807, 2.05) is 13.8 Å². The molecule has 22 heavy (non-hydrogen) atoms. The molecular formula is C16H32N4O2. The van der Waals surface area contributed by atoms with E-state index in [2.05, 4.69) is 41.6 Å². The van der Waals surface area contributed by atoms with Crippen LogP contribution in [0.4, 0.5) is 0 Å². The lowest BCUT2D eigenvalue weighted by Crippen LogP contribution is -2.52. The molecule has 3 N–H and O–H groups in total. The maximum absolute atomic E-state index is 12.0. The van der Waals surface area contributed by atoms with Crippen molar-refractivity contribution < 1.29 is 9.59 Å². The SMILES string of the molecule is CC(C)(C)CC(C)(C)NC(=O)C(=O)NCCN1CCNCC1. The van der Waals surface area contributed by atoms with Crippen LogP contribution in [-0.2, 0) is 9.59 Å². The fourth-order valence-electron chi connectivity index (χ4n) is 3.08. The van der Waals surface area contributed by atoms with E-state index >= 15 is 0 Å². The molecule has 0 saturated carbocycles. The summed E-state index contributed by atoms with van der Waals surface area (Å²) in [6, 6.07) is 0. The largest absolute Gasteiger partial charge is 0.347 e. The molecule has 0 bridgehead atoms. The van der Waals surface area contributed by atoms with Gasteiger partial charge in [0.25, 0.3) is 0 Å². The van der Waals surface area contributed by atoms with Gasteiger partial charge in [-0.05, 0) is 25.7 Å². The maximum Gasteiger partial charge on any atom is 0.309 e. The van der Waals surface area contributed by atoms with Gasteiger partial charge in [-0.15, -0.1) is 0 Å². The Balaban J connectivity index is 2.30. The minimum Gasteiger partial charge on any atom is -0.347 e. The smallest absolute Gasteiger partial charge is 0.309 e. The van der Waals surface area contributed by atoms with E-state index in [1.165, 1.54) is 0 Å². The van der Waals surface area contributed by atoms with E-state index < -0.39 is 17.4 Å². The Bertz CT molecular complexity index is 382. The Labute approximate surface area is 134 Å². The molecule has 6 heteroatoms. The fraction of sp³-hybridized carbons (Fsp3) is 0.875. The van der Waals surface area contributed by atoms with Crippen molar-refractivity contribution in [2.75, 3.05) is 39.3 Å². The number of rotatable bonds is 5. The van der Waals surface area contributed by atoms with E-state index in [4.69, 9.17) is 0 Å². The summed E-state index contributed by atoms with van der Waals surface area (Å²) in [6.07, 6.45) is 0.805. The second kappa shape index (κ2) is 7.92. The van der Waals surface area contributed by atoms with Gasteiger partial charge in [0.15, 0.2) is 0 Å². The first-order valence-corrected chi connectivity index (χ1v) is 8.12. The monoisotopic (exact) mass is 312 g/mol. The summed E-state index contributed by atoms with van der Waals surface area (Å²) >= 11 is 0. The number of carbonyl (C=O) groups is 2. The zero-order valence-corrected chi connectivity index (χ0v) is 14.7. The van der Waals surface area contributed by atoms with Gasteiger partial charge in [-0.3, -0.25) is 14.5 Å². The summed E-state index contributed by atoms with van der Waals surface area (Å²) in [5.74, 6) is -1.09. The number of hydrogen-bond acceptors (Lipinski definition) is 4. The van der Waals surface area contributed by atoms with Gasteiger partial charge >= 0.3 is 11.8 Å². The number of amides is 2. The highest BCUT2D eigenvalue weighted by Gasteiger charge is 2.29. The molecule has 1 heterocycles. The third-order valence-electron chi connectivity index (χ3n) is 3.55. The summed E-state index contributed by atoms with van der Waals surface area (Å²) in [6.45, 7) is 15.5. The summed E-state index contributed by atoms with van der Waals surface area (Å²) in [5, 5.41) is 8.81. The second-order valence-electron chi connectivity index (χ2n) is 7.92. The van der Waals surface area contributed by atoms with Gasteiger partial charge in [0, 0.05) is 44.8 Å². The zero-order valence-electron chi connectivity index (χ0n) is 14.7. The molecule has 1 aliphatic rings. The minimum absolute atomic E-state index is 0.0928. The lowest BCUT2D eigenvalue weighted by Gasteiger charge is -2.33. The minimum atomic E-state index is -0.547. The van der Waals surface area contributed by atoms with Gasteiger partial charge in [0.2, 0.25) is 0 Å². The van der Waals surface area contributed by atoms with E-state index in [0.29, 0.717) is 6.54 Å². The lowest BCUT2D eigenvalue weighted by atomic mass is 9.82. The van der Waals surface area contributed by atoms with E-state index in [1.54, 1.807) is 0 Å². The summed E-state index contributed by atoms with van der Waals surface area (Å²) in [7, 11) is 0. The maximum atomic E-state index is 12.0. The molecule has 0 aliphatic carbocycles. The number of hydrogen-bond donors (Lipinski definition) is 3. The number of carbonyl (C=O) groups excluding carboxylic acids is 2. The molecule has 0 aromatic carbocycles. The van der Waals surface area contributed by atoms with Crippen LogP contribution in [-0.4, -0.2) is 61.5 Å². The van der Waals surface area contributed by atoms with Crippen molar-refractivity contribution in [2.24, 2.45) is 5.41 Å². The van der Waals surface area contributed by atoms with Crippen molar-refractivity contribution >= 4 is 11.8 Å². The predicted octanol–water partition coefficient (Wildman–Crippen LogP) is 0.339. The third kappa shape index (κ3) is 7.75. The highest BCUT2D eigenvalue weighted by atomic mass is 16.2. The molecule has 1 fully saturated rings. The van der Waals surface area contributed by atoms with Gasteiger partial charge in [-0.2, -0.15) is 0 Å². The molecule has 0 spiro atoms.